The molecule has 8 heteroatoms. The lowest BCUT2D eigenvalue weighted by molar-refractivity contribution is -0.155. The highest BCUT2D eigenvalue weighted by atomic mass is 35.5. The number of anilines is 1. The van der Waals surface area contributed by atoms with E-state index in [1.807, 2.05) is 6.07 Å². The molecule has 1 N–H and O–H groups in total. The predicted molar refractivity (Wildman–Crippen MR) is 98.8 cm³/mol. The number of nitrogens with zero attached hydrogens (tertiary/aromatic N) is 1. The van der Waals surface area contributed by atoms with Crippen molar-refractivity contribution in [2.24, 2.45) is 0 Å². The van der Waals surface area contributed by atoms with Gasteiger partial charge in [0.05, 0.1) is 17.7 Å². The van der Waals surface area contributed by atoms with Gasteiger partial charge < -0.3 is 19.5 Å². The second-order valence-corrected chi connectivity index (χ2v) is 5.77. The number of nitriles is 1. The Morgan fingerprint density at radius 1 is 1.22 bits per heavy atom. The highest BCUT2D eigenvalue weighted by Gasteiger charge is 2.19. The van der Waals surface area contributed by atoms with Gasteiger partial charge in [-0.3, -0.25) is 4.79 Å². The first-order valence-corrected chi connectivity index (χ1v) is 8.28. The number of esters is 1. The van der Waals surface area contributed by atoms with E-state index in [1.54, 1.807) is 24.3 Å². The first kappa shape index (κ1) is 20.1. The molecule has 0 saturated heterocycles. The number of hydrogen-bond acceptors (Lipinski definition) is 6. The van der Waals surface area contributed by atoms with Gasteiger partial charge in [-0.25, -0.2) is 4.79 Å². The standard InChI is InChI=1S/C19H17ClN2O5/c1-12(19(24)22-14-8-7-13(10-21)15(20)9-14)27-18(23)11-26-17-6-4-3-5-16(17)25-2/h3-9,12H,11H2,1-2H3,(H,22,24). The van der Waals surface area contributed by atoms with Gasteiger partial charge in [-0.2, -0.15) is 5.26 Å². The Morgan fingerprint density at radius 3 is 2.56 bits per heavy atom. The fourth-order valence-electron chi connectivity index (χ4n) is 2.09. The van der Waals surface area contributed by atoms with E-state index in [0.717, 1.165) is 0 Å². The van der Waals surface area contributed by atoms with Crippen molar-refractivity contribution in [3.63, 3.8) is 0 Å². The molecule has 0 fully saturated rings. The maximum Gasteiger partial charge on any atom is 0.344 e. The number of ether oxygens (including phenoxy) is 3. The van der Waals surface area contributed by atoms with Crippen LogP contribution >= 0.6 is 11.6 Å². The van der Waals surface area contributed by atoms with Crippen molar-refractivity contribution in [2.75, 3.05) is 19.0 Å². The maximum absolute atomic E-state index is 12.1. The molecule has 1 amide bonds. The van der Waals surface area contributed by atoms with Crippen LogP contribution in [0.3, 0.4) is 0 Å². The van der Waals surface area contributed by atoms with E-state index in [9.17, 15) is 9.59 Å². The van der Waals surface area contributed by atoms with Gasteiger partial charge in [-0.1, -0.05) is 23.7 Å². The predicted octanol–water partition coefficient (Wildman–Crippen LogP) is 3.17. The van der Waals surface area contributed by atoms with Crippen molar-refractivity contribution >= 4 is 29.2 Å². The van der Waals surface area contributed by atoms with E-state index < -0.39 is 18.0 Å². The number of benzene rings is 2. The topological polar surface area (TPSA) is 97.7 Å². The third-order valence-electron chi connectivity index (χ3n) is 3.45. The van der Waals surface area contributed by atoms with Crippen molar-refractivity contribution in [3.8, 4) is 17.6 Å². The van der Waals surface area contributed by atoms with Crippen LogP contribution in [0.15, 0.2) is 42.5 Å². The highest BCUT2D eigenvalue weighted by molar-refractivity contribution is 6.32. The summed E-state index contributed by atoms with van der Waals surface area (Å²) in [5.74, 6) is -0.377. The summed E-state index contributed by atoms with van der Waals surface area (Å²) in [5.41, 5.74) is 0.680. The summed E-state index contributed by atoms with van der Waals surface area (Å²) in [6.45, 7) is 1.06. The number of hydrogen-bond donors (Lipinski definition) is 1. The molecule has 1 unspecified atom stereocenters. The second kappa shape index (κ2) is 9.46. The summed E-state index contributed by atoms with van der Waals surface area (Å²) < 4.78 is 15.5. The zero-order chi connectivity index (χ0) is 19.8. The summed E-state index contributed by atoms with van der Waals surface area (Å²) in [6, 6.07) is 13.2. The fourth-order valence-corrected chi connectivity index (χ4v) is 2.31. The van der Waals surface area contributed by atoms with Gasteiger partial charge in [0, 0.05) is 5.69 Å². The lowest BCUT2D eigenvalue weighted by Crippen LogP contribution is -2.31. The minimum absolute atomic E-state index is 0.213. The van der Waals surface area contributed by atoms with Crippen molar-refractivity contribution in [1.82, 2.24) is 0 Å². The third kappa shape index (κ3) is 5.62. The molecular formula is C19H17ClN2O5. The molecule has 140 valence electrons. The minimum Gasteiger partial charge on any atom is -0.493 e. The lowest BCUT2D eigenvalue weighted by Gasteiger charge is -2.15. The summed E-state index contributed by atoms with van der Waals surface area (Å²) in [7, 11) is 1.49. The molecule has 0 spiro atoms. The molecule has 2 aromatic rings. The van der Waals surface area contributed by atoms with Gasteiger partial charge in [0.1, 0.15) is 6.07 Å². The Hall–Kier alpha value is -3.24. The van der Waals surface area contributed by atoms with E-state index in [1.165, 1.54) is 32.2 Å². The zero-order valence-corrected chi connectivity index (χ0v) is 15.4. The Kier molecular flexibility index (Phi) is 7.03. The monoisotopic (exact) mass is 388 g/mol. The van der Waals surface area contributed by atoms with Gasteiger partial charge in [-0.05, 0) is 37.3 Å². The minimum atomic E-state index is -1.05. The van der Waals surface area contributed by atoms with Crippen LogP contribution in [0.2, 0.25) is 5.02 Å². The quantitative estimate of drug-likeness (QED) is 0.731. The number of amides is 1. The van der Waals surface area contributed by atoms with Gasteiger partial charge in [-0.15, -0.1) is 0 Å². The molecule has 0 aliphatic carbocycles. The largest absolute Gasteiger partial charge is 0.493 e. The van der Waals surface area contributed by atoms with Crippen molar-refractivity contribution < 1.29 is 23.8 Å². The average Bonchev–Trinajstić information content (AvgIpc) is 2.66. The first-order valence-electron chi connectivity index (χ1n) is 7.90. The van der Waals surface area contributed by atoms with Crippen LogP contribution in [0.4, 0.5) is 5.69 Å². The molecule has 0 heterocycles. The van der Waals surface area contributed by atoms with Crippen LogP contribution in [0.25, 0.3) is 0 Å². The third-order valence-corrected chi connectivity index (χ3v) is 3.76. The fraction of sp³-hybridized carbons (Fsp3) is 0.211. The van der Waals surface area contributed by atoms with Gasteiger partial charge in [0.2, 0.25) is 0 Å². The number of nitrogens with one attached hydrogen (secondary N) is 1. The van der Waals surface area contributed by atoms with Crippen molar-refractivity contribution in [1.29, 1.82) is 5.26 Å². The van der Waals surface area contributed by atoms with Crippen LogP contribution in [0, 0.1) is 11.3 Å². The van der Waals surface area contributed by atoms with E-state index in [2.05, 4.69) is 5.32 Å². The zero-order valence-electron chi connectivity index (χ0n) is 14.7. The van der Waals surface area contributed by atoms with Crippen LogP contribution in [-0.4, -0.2) is 31.7 Å². The molecule has 0 aliphatic heterocycles. The van der Waals surface area contributed by atoms with E-state index >= 15 is 0 Å². The van der Waals surface area contributed by atoms with E-state index in [4.69, 9.17) is 31.1 Å². The second-order valence-electron chi connectivity index (χ2n) is 5.37. The molecule has 0 bridgehead atoms. The molecule has 0 aromatic heterocycles. The molecule has 0 aliphatic rings. The Bertz CT molecular complexity index is 879. The molecule has 0 saturated carbocycles. The Balaban J connectivity index is 1.87. The number of halogens is 1. The number of carbonyl (C=O) groups is 2. The summed E-state index contributed by atoms with van der Waals surface area (Å²) in [6.07, 6.45) is -1.05. The number of para-hydroxylation sites is 2. The van der Waals surface area contributed by atoms with Crippen LogP contribution in [0.1, 0.15) is 12.5 Å². The molecule has 7 nitrogen and oxygen atoms in total. The maximum atomic E-state index is 12.1. The molecule has 27 heavy (non-hydrogen) atoms. The number of rotatable bonds is 7. The number of methoxy groups -OCH3 is 1. The number of carbonyl (C=O) groups excluding carboxylic acids is 2. The Morgan fingerprint density at radius 2 is 1.93 bits per heavy atom. The first-order chi connectivity index (χ1) is 12.9. The summed E-state index contributed by atoms with van der Waals surface area (Å²) >= 11 is 5.92. The van der Waals surface area contributed by atoms with E-state index in [0.29, 0.717) is 22.7 Å². The van der Waals surface area contributed by atoms with Crippen LogP contribution in [0.5, 0.6) is 11.5 Å². The molecule has 0 radical (unpaired) electrons. The molecule has 1 atom stereocenters. The van der Waals surface area contributed by atoms with Gasteiger partial charge in [0.15, 0.2) is 24.2 Å². The molecular weight excluding hydrogens is 372 g/mol. The van der Waals surface area contributed by atoms with Gasteiger partial charge >= 0.3 is 5.97 Å². The summed E-state index contributed by atoms with van der Waals surface area (Å²) in [4.78, 5) is 24.0. The van der Waals surface area contributed by atoms with Crippen LogP contribution < -0.4 is 14.8 Å². The average molecular weight is 389 g/mol. The molecule has 2 aromatic carbocycles. The van der Waals surface area contributed by atoms with Crippen molar-refractivity contribution in [2.45, 2.75) is 13.0 Å². The lowest BCUT2D eigenvalue weighted by atomic mass is 10.2. The van der Waals surface area contributed by atoms with E-state index in [-0.39, 0.29) is 11.6 Å². The summed E-state index contributed by atoms with van der Waals surface area (Å²) in [5, 5.41) is 11.6. The molecule has 2 rings (SSSR count). The smallest absolute Gasteiger partial charge is 0.344 e. The highest BCUT2D eigenvalue weighted by Crippen LogP contribution is 2.25. The normalized spacial score (nSPS) is 11.0. The van der Waals surface area contributed by atoms with Gasteiger partial charge in [0.25, 0.3) is 5.91 Å². The van der Waals surface area contributed by atoms with Crippen molar-refractivity contribution in [3.05, 3.63) is 53.1 Å². The SMILES string of the molecule is COc1ccccc1OCC(=O)OC(C)C(=O)Nc1ccc(C#N)c(Cl)c1. The van der Waals surface area contributed by atoms with Crippen LogP contribution in [-0.2, 0) is 14.3 Å². The Labute approximate surface area is 161 Å².